The molecule has 4 aromatic rings. The van der Waals surface area contributed by atoms with Crippen molar-refractivity contribution in [2.75, 3.05) is 0 Å². The highest BCUT2D eigenvalue weighted by atomic mass is 19.2. The Morgan fingerprint density at radius 1 is 0.500 bits per heavy atom. The topological polar surface area (TPSA) is 132 Å². The Bertz CT molecular complexity index is 2590. The third kappa shape index (κ3) is 23.4. The molecule has 0 N–H and O–H groups in total. The van der Waals surface area contributed by atoms with Crippen molar-refractivity contribution >= 4 is 0 Å². The SMILES string of the molecule is C.C.C=C(C)Cn1c(=O)n(CC(=C)C)c(=O)n(CC(C)(F)Cc2ccccc2)c1=O.C=C(C)Cn1c(=O)n(CC(=C)C)c(=O)n(CC(C)Cc2ccccc2)c1=O.CC(F)C(F)C(C)F.CC(F)CC(C)F. The third-order valence-corrected chi connectivity index (χ3v) is 9.83. The summed E-state index contributed by atoms with van der Waals surface area (Å²) in [6.45, 7) is 29.7. The van der Waals surface area contributed by atoms with E-state index in [1.54, 1.807) is 52.0 Å². The van der Waals surface area contributed by atoms with Crippen LogP contribution in [0, 0.1) is 5.92 Å². The molecule has 18 heteroatoms. The monoisotopic (exact) mass is 1020 g/mol. The van der Waals surface area contributed by atoms with Gasteiger partial charge in [0.1, 0.15) is 30.4 Å². The highest BCUT2D eigenvalue weighted by Gasteiger charge is 2.28. The Labute approximate surface area is 421 Å². The van der Waals surface area contributed by atoms with Crippen molar-refractivity contribution < 1.29 is 26.3 Å². The van der Waals surface area contributed by atoms with Gasteiger partial charge in [0.05, 0.1) is 32.7 Å². The van der Waals surface area contributed by atoms with Crippen LogP contribution in [0.5, 0.6) is 0 Å². The van der Waals surface area contributed by atoms with E-state index in [-0.39, 0.29) is 66.3 Å². The largest absolute Gasteiger partial charge is 0.336 e. The lowest BCUT2D eigenvalue weighted by Crippen LogP contribution is -2.56. The van der Waals surface area contributed by atoms with Crippen molar-refractivity contribution in [1.29, 1.82) is 0 Å². The molecule has 2 aromatic heterocycles. The second-order valence-corrected chi connectivity index (χ2v) is 18.5. The number of nitrogens with zero attached hydrogens (tertiary/aromatic N) is 6. The normalized spacial score (nSPS) is 13.9. The van der Waals surface area contributed by atoms with Crippen molar-refractivity contribution in [1.82, 2.24) is 27.4 Å². The molecule has 0 bridgehead atoms. The molecule has 0 radical (unpaired) electrons. The van der Waals surface area contributed by atoms with E-state index in [4.69, 9.17) is 0 Å². The first-order valence-electron chi connectivity index (χ1n) is 22.8. The molecule has 0 saturated carbocycles. The molecule has 6 atom stereocenters. The van der Waals surface area contributed by atoms with Gasteiger partial charge in [0.2, 0.25) is 0 Å². The minimum absolute atomic E-state index is 0. The molecule has 2 heterocycles. The predicted molar refractivity (Wildman–Crippen MR) is 282 cm³/mol. The van der Waals surface area contributed by atoms with E-state index in [9.17, 15) is 50.7 Å². The van der Waals surface area contributed by atoms with Gasteiger partial charge in [0.15, 0.2) is 6.17 Å². The highest BCUT2D eigenvalue weighted by molar-refractivity contribution is 5.17. The fraction of sp³-hybridized carbons (Fsp3) is 0.519. The van der Waals surface area contributed by atoms with Crippen LogP contribution in [0.1, 0.15) is 102 Å². The second-order valence-electron chi connectivity index (χ2n) is 18.5. The maximum atomic E-state index is 15.3. The molecule has 72 heavy (non-hydrogen) atoms. The van der Waals surface area contributed by atoms with Crippen LogP contribution in [0.2, 0.25) is 0 Å². The lowest BCUT2D eigenvalue weighted by Gasteiger charge is -2.22. The molecule has 0 saturated heterocycles. The number of hydrogen-bond donors (Lipinski definition) is 0. The van der Waals surface area contributed by atoms with Crippen LogP contribution >= 0.6 is 0 Å². The zero-order valence-electron chi connectivity index (χ0n) is 42.3. The minimum Gasteiger partial charge on any atom is -0.248 e. The third-order valence-electron chi connectivity index (χ3n) is 9.83. The lowest BCUT2D eigenvalue weighted by atomic mass is 9.98. The summed E-state index contributed by atoms with van der Waals surface area (Å²) in [5.41, 5.74) is -1.75. The van der Waals surface area contributed by atoms with Gasteiger partial charge in [0, 0.05) is 19.4 Å². The van der Waals surface area contributed by atoms with Crippen molar-refractivity contribution in [3.05, 3.63) is 183 Å². The van der Waals surface area contributed by atoms with Crippen LogP contribution in [0.3, 0.4) is 0 Å². The Kier molecular flexibility index (Phi) is 30.2. The molecule has 6 unspecified atom stereocenters. The standard InChI is InChI=1S/C21H26FN3O3.C21H27N3O3.C5H9F3.C5H10F2.2CH4/c1-15(2)12-23-18(26)24(13-16(3)4)20(28)25(19(23)27)14-21(5,22)11-17-9-7-6-8-10-17;1-15(2)12-22-19(25)23(13-16(3)4)21(27)24(20(22)26)14-17(5)11-18-9-7-6-8-10-18;1-3(6)5(8)4(2)7;1-4(6)3-5(2)7;;/h6-10H,1,3,11-14H2,2,4-5H3;6-10,17H,1,3,11-14H2,2,4-5H3;3-5H,1-2H3;4-5H,3H2,1-2H3;2*1H4. The molecule has 0 fully saturated rings. The van der Waals surface area contributed by atoms with E-state index in [0.29, 0.717) is 22.3 Å². The van der Waals surface area contributed by atoms with Crippen molar-refractivity contribution in [2.45, 2.75) is 179 Å². The summed E-state index contributed by atoms with van der Waals surface area (Å²) in [5, 5.41) is 0. The van der Waals surface area contributed by atoms with Crippen LogP contribution in [-0.4, -0.2) is 63.9 Å². The van der Waals surface area contributed by atoms with Crippen molar-refractivity contribution in [3.8, 4) is 0 Å². The van der Waals surface area contributed by atoms with Gasteiger partial charge in [-0.2, -0.15) is 0 Å². The van der Waals surface area contributed by atoms with Gasteiger partial charge in [-0.3, -0.25) is 0 Å². The molecule has 0 aliphatic heterocycles. The molecule has 0 aliphatic rings. The Balaban J connectivity index is 0. The van der Waals surface area contributed by atoms with Crippen LogP contribution < -0.4 is 34.1 Å². The van der Waals surface area contributed by atoms with E-state index in [1.807, 2.05) is 43.3 Å². The molecular formula is C54H80F6N6O6. The Hall–Kier alpha value is -6.20. The van der Waals surface area contributed by atoms with Crippen LogP contribution in [-0.2, 0) is 52.1 Å². The number of halogens is 6. The first kappa shape index (κ1) is 67.9. The molecule has 0 aliphatic carbocycles. The van der Waals surface area contributed by atoms with Crippen LogP contribution in [0.15, 0.2) is 138 Å². The molecule has 2 aromatic carbocycles. The summed E-state index contributed by atoms with van der Waals surface area (Å²) >= 11 is 0. The van der Waals surface area contributed by atoms with Gasteiger partial charge in [-0.15, -0.1) is 0 Å². The lowest BCUT2D eigenvalue weighted by molar-refractivity contribution is 0.102. The summed E-state index contributed by atoms with van der Waals surface area (Å²) in [6, 6.07) is 18.9. The Morgan fingerprint density at radius 3 is 1.06 bits per heavy atom. The summed E-state index contributed by atoms with van der Waals surface area (Å²) in [4.78, 5) is 76.5. The van der Waals surface area contributed by atoms with E-state index in [1.165, 1.54) is 20.8 Å². The summed E-state index contributed by atoms with van der Waals surface area (Å²) in [6.07, 6.45) is -6.58. The highest BCUT2D eigenvalue weighted by Crippen LogP contribution is 2.19. The summed E-state index contributed by atoms with van der Waals surface area (Å²) in [5.74, 6) is 0.0480. The zero-order valence-corrected chi connectivity index (χ0v) is 42.3. The minimum atomic E-state index is -1.96. The number of aromatic nitrogens is 6. The van der Waals surface area contributed by atoms with Gasteiger partial charge < -0.3 is 0 Å². The summed E-state index contributed by atoms with van der Waals surface area (Å²) in [7, 11) is 0. The smallest absolute Gasteiger partial charge is 0.248 e. The molecule has 0 spiro atoms. The average molecular weight is 1020 g/mol. The van der Waals surface area contributed by atoms with Crippen molar-refractivity contribution in [3.63, 3.8) is 0 Å². The number of rotatable bonds is 20. The van der Waals surface area contributed by atoms with Crippen LogP contribution in [0.4, 0.5) is 26.3 Å². The van der Waals surface area contributed by atoms with E-state index >= 15 is 4.39 Å². The van der Waals surface area contributed by atoms with Gasteiger partial charge in [0.25, 0.3) is 0 Å². The number of allylic oxidation sites excluding steroid dienone is 4. The van der Waals surface area contributed by atoms with E-state index in [2.05, 4.69) is 26.3 Å². The quantitative estimate of drug-likeness (QED) is 0.0640. The summed E-state index contributed by atoms with van der Waals surface area (Å²) < 4.78 is 80.0. The van der Waals surface area contributed by atoms with Gasteiger partial charge in [-0.25, -0.2) is 82.5 Å². The van der Waals surface area contributed by atoms with Gasteiger partial charge >= 0.3 is 34.1 Å². The zero-order chi connectivity index (χ0) is 53.8. The predicted octanol–water partition coefficient (Wildman–Crippen LogP) is 9.90. The fourth-order valence-electron chi connectivity index (χ4n) is 6.89. The molecular weight excluding hydrogens is 943 g/mol. The van der Waals surface area contributed by atoms with Crippen molar-refractivity contribution in [2.24, 2.45) is 5.92 Å². The number of hydrogen-bond acceptors (Lipinski definition) is 6. The second kappa shape index (κ2) is 32.0. The van der Waals surface area contributed by atoms with Gasteiger partial charge in [-0.1, -0.05) is 131 Å². The van der Waals surface area contributed by atoms with Crippen LogP contribution in [0.25, 0.3) is 0 Å². The number of alkyl halides is 6. The molecule has 12 nitrogen and oxygen atoms in total. The molecule has 404 valence electrons. The molecule has 4 rings (SSSR count). The van der Waals surface area contributed by atoms with Gasteiger partial charge in [-0.05, 0) is 85.8 Å². The first-order chi connectivity index (χ1) is 32.4. The Morgan fingerprint density at radius 2 is 0.792 bits per heavy atom. The van der Waals surface area contributed by atoms with E-state index < -0.39 is 77.2 Å². The average Bonchev–Trinajstić information content (AvgIpc) is 3.24. The number of benzene rings is 2. The molecule has 0 amide bonds. The fourth-order valence-corrected chi connectivity index (χ4v) is 6.89. The maximum absolute atomic E-state index is 15.3. The van der Waals surface area contributed by atoms with E-state index in [0.717, 1.165) is 58.8 Å². The maximum Gasteiger partial charge on any atom is 0.336 e. The first-order valence-corrected chi connectivity index (χ1v) is 22.8.